The minimum absolute atomic E-state index is 0.529. The molecule has 0 radical (unpaired) electrons. The Labute approximate surface area is 193 Å². The lowest BCUT2D eigenvalue weighted by Gasteiger charge is -2.45. The summed E-state index contributed by atoms with van der Waals surface area (Å²) in [6.07, 6.45) is -22.2. The molecular weight excluding hydrogens is 470 g/mol. The summed E-state index contributed by atoms with van der Waals surface area (Å²) in [7, 11) is 0. The van der Waals surface area contributed by atoms with Crippen LogP contribution in [0.3, 0.4) is 0 Å². The summed E-state index contributed by atoms with van der Waals surface area (Å²) in [5.41, 5.74) is 5.78. The third kappa shape index (κ3) is 5.52. The van der Waals surface area contributed by atoms with Crippen molar-refractivity contribution in [1.29, 1.82) is 0 Å². The fourth-order valence-electron chi connectivity index (χ4n) is 3.92. The maximum Gasteiger partial charge on any atom is 0.189 e. The summed E-state index contributed by atoms with van der Waals surface area (Å²) in [6, 6.07) is -1.24. The second-order valence-corrected chi connectivity index (χ2v) is 8.47. The monoisotopic (exact) mass is 503 g/mol. The molecule has 0 aliphatic carbocycles. The summed E-state index contributed by atoms with van der Waals surface area (Å²) in [6.45, 7) is -1.90. The van der Waals surface area contributed by atoms with Gasteiger partial charge in [0.15, 0.2) is 18.9 Å². The van der Waals surface area contributed by atoms with Crippen molar-refractivity contribution in [3.05, 3.63) is 0 Å². The van der Waals surface area contributed by atoms with Crippen LogP contribution in [0.5, 0.6) is 0 Å². The molecule has 0 aromatic rings. The van der Waals surface area contributed by atoms with Gasteiger partial charge in [-0.05, 0) is 0 Å². The highest BCUT2D eigenvalue weighted by atomic mass is 16.8. The molecule has 0 spiro atoms. The first-order chi connectivity index (χ1) is 16.0. The molecule has 3 fully saturated rings. The summed E-state index contributed by atoms with van der Waals surface area (Å²) in [4.78, 5) is 0. The van der Waals surface area contributed by atoms with Gasteiger partial charge in [0.05, 0.1) is 25.9 Å². The molecule has 3 saturated heterocycles. The molecule has 3 aliphatic heterocycles. The van der Waals surface area contributed by atoms with Crippen LogP contribution in [0.2, 0.25) is 0 Å². The van der Waals surface area contributed by atoms with E-state index in [2.05, 4.69) is 0 Å². The van der Waals surface area contributed by atoms with Gasteiger partial charge in [-0.15, -0.1) is 0 Å². The number of nitrogens with two attached hydrogens (primary N) is 1. The molecule has 0 unspecified atom stereocenters. The number of aliphatic hydroxyl groups is 10. The zero-order valence-electron chi connectivity index (χ0n) is 17.9. The Kier molecular flexibility index (Phi) is 9.54. The van der Waals surface area contributed by atoms with E-state index in [4.69, 9.17) is 29.4 Å². The van der Waals surface area contributed by atoms with E-state index in [1.807, 2.05) is 0 Å². The van der Waals surface area contributed by atoms with Crippen molar-refractivity contribution in [2.24, 2.45) is 5.73 Å². The summed E-state index contributed by atoms with van der Waals surface area (Å²) < 4.78 is 26.6. The highest BCUT2D eigenvalue weighted by molar-refractivity contribution is 4.94. The first-order valence-corrected chi connectivity index (χ1v) is 10.7. The molecule has 16 heteroatoms. The third-order valence-corrected chi connectivity index (χ3v) is 6.14. The predicted molar refractivity (Wildman–Crippen MR) is 103 cm³/mol. The average molecular weight is 503 g/mol. The van der Waals surface area contributed by atoms with Crippen molar-refractivity contribution in [3.63, 3.8) is 0 Å². The summed E-state index contributed by atoms with van der Waals surface area (Å²) in [5, 5.41) is 98.9. The highest BCUT2D eigenvalue weighted by Crippen LogP contribution is 2.29. The van der Waals surface area contributed by atoms with Gasteiger partial charge >= 0.3 is 0 Å². The van der Waals surface area contributed by atoms with Crippen LogP contribution in [0.25, 0.3) is 0 Å². The van der Waals surface area contributed by atoms with Crippen LogP contribution in [-0.4, -0.2) is 163 Å². The van der Waals surface area contributed by atoms with E-state index < -0.39 is 112 Å². The van der Waals surface area contributed by atoms with Gasteiger partial charge in [0.2, 0.25) is 0 Å². The molecule has 34 heavy (non-hydrogen) atoms. The zero-order chi connectivity index (χ0) is 25.3. The Morgan fingerprint density at radius 1 is 0.529 bits per heavy atom. The Morgan fingerprint density at radius 2 is 0.941 bits per heavy atom. The van der Waals surface area contributed by atoms with Crippen LogP contribution in [0, 0.1) is 0 Å². The quantitative estimate of drug-likeness (QED) is 0.154. The first kappa shape index (κ1) is 27.9. The zero-order valence-corrected chi connectivity index (χ0v) is 17.9. The highest BCUT2D eigenvalue weighted by Gasteiger charge is 2.50. The van der Waals surface area contributed by atoms with Gasteiger partial charge in [0, 0.05) is 0 Å². The van der Waals surface area contributed by atoms with Gasteiger partial charge in [-0.3, -0.25) is 0 Å². The lowest BCUT2D eigenvalue weighted by atomic mass is 9.97. The number of hydrogen-bond donors (Lipinski definition) is 11. The summed E-state index contributed by atoms with van der Waals surface area (Å²) >= 11 is 0. The number of aliphatic hydroxyl groups excluding tert-OH is 10. The SMILES string of the molecule is N[C@H]1[C@H](OC[C@H]2O[C@H](O[C@H]3O[C@H](CO)[C@@H](O)[C@H](O)[C@H]3O)[C@H](O)[C@@H](O)[C@@H]2O)O[C@H](CO)[C@@H](O)[C@@H]1O. The Morgan fingerprint density at radius 3 is 1.44 bits per heavy atom. The van der Waals surface area contributed by atoms with E-state index in [1.165, 1.54) is 0 Å². The first-order valence-electron chi connectivity index (χ1n) is 10.7. The van der Waals surface area contributed by atoms with Crippen LogP contribution >= 0.6 is 0 Å². The van der Waals surface area contributed by atoms with Crippen molar-refractivity contribution in [2.75, 3.05) is 19.8 Å². The standard InChI is InChI=1S/C18H33NO15/c19-7-11(25)8(22)4(1-20)31-16(7)30-3-6-10(24)13(27)15(29)18(33-6)34-17-14(28)12(26)9(23)5(2-21)32-17/h4-18,20-29H,1-3,19H2/t4-,5-,6-,7-,8-,9-,10-,11-,12+,13+,14-,15-,16-,17-,18-/m1/s1. The Hall–Kier alpha value is -0.640. The molecular formula is C18H33NO15. The lowest BCUT2D eigenvalue weighted by molar-refractivity contribution is -0.379. The average Bonchev–Trinajstić information content (AvgIpc) is 2.83. The fraction of sp³-hybridized carbons (Fsp3) is 1.00. The van der Waals surface area contributed by atoms with Crippen LogP contribution in [0.15, 0.2) is 0 Å². The topological polar surface area (TPSA) is 274 Å². The van der Waals surface area contributed by atoms with Crippen molar-refractivity contribution < 1.29 is 74.7 Å². The van der Waals surface area contributed by atoms with Crippen molar-refractivity contribution >= 4 is 0 Å². The minimum atomic E-state index is -1.84. The molecule has 0 aromatic heterocycles. The molecule has 3 aliphatic rings. The van der Waals surface area contributed by atoms with Gasteiger partial charge in [-0.25, -0.2) is 0 Å². The number of rotatable bonds is 7. The van der Waals surface area contributed by atoms with Crippen LogP contribution in [0.1, 0.15) is 0 Å². The molecule has 200 valence electrons. The second-order valence-electron chi connectivity index (χ2n) is 8.47. The van der Waals surface area contributed by atoms with Gasteiger partial charge in [0.25, 0.3) is 0 Å². The maximum atomic E-state index is 10.3. The molecule has 0 aromatic carbocycles. The molecule has 12 N–H and O–H groups in total. The van der Waals surface area contributed by atoms with Crippen molar-refractivity contribution in [2.45, 2.75) is 92.1 Å². The van der Waals surface area contributed by atoms with E-state index in [-0.39, 0.29) is 0 Å². The fourth-order valence-corrected chi connectivity index (χ4v) is 3.92. The normalized spacial score (nSPS) is 52.5. The van der Waals surface area contributed by atoms with Gasteiger partial charge in [0.1, 0.15) is 67.1 Å². The molecule has 16 nitrogen and oxygen atoms in total. The molecule has 3 rings (SSSR count). The summed E-state index contributed by atoms with van der Waals surface area (Å²) in [5.74, 6) is 0. The van der Waals surface area contributed by atoms with Crippen LogP contribution in [-0.2, 0) is 23.7 Å². The lowest BCUT2D eigenvalue weighted by Crippen LogP contribution is -2.65. The van der Waals surface area contributed by atoms with E-state index in [1.54, 1.807) is 0 Å². The largest absolute Gasteiger partial charge is 0.394 e. The van der Waals surface area contributed by atoms with Crippen molar-refractivity contribution in [1.82, 2.24) is 0 Å². The third-order valence-electron chi connectivity index (χ3n) is 6.14. The smallest absolute Gasteiger partial charge is 0.189 e. The van der Waals surface area contributed by atoms with E-state index in [9.17, 15) is 51.1 Å². The van der Waals surface area contributed by atoms with Crippen LogP contribution < -0.4 is 5.73 Å². The number of hydrogen-bond acceptors (Lipinski definition) is 16. The van der Waals surface area contributed by atoms with Crippen LogP contribution in [0.4, 0.5) is 0 Å². The predicted octanol–water partition coefficient (Wildman–Crippen LogP) is -7.61. The van der Waals surface area contributed by atoms with Gasteiger partial charge in [-0.2, -0.15) is 0 Å². The number of ether oxygens (including phenoxy) is 5. The van der Waals surface area contributed by atoms with E-state index >= 15 is 0 Å². The Balaban J connectivity index is 1.64. The molecule has 0 amide bonds. The van der Waals surface area contributed by atoms with E-state index in [0.717, 1.165) is 0 Å². The molecule has 0 bridgehead atoms. The molecule has 15 atom stereocenters. The maximum absolute atomic E-state index is 10.3. The molecule has 0 saturated carbocycles. The van der Waals surface area contributed by atoms with Crippen molar-refractivity contribution in [3.8, 4) is 0 Å². The minimum Gasteiger partial charge on any atom is -0.394 e. The van der Waals surface area contributed by atoms with E-state index in [0.29, 0.717) is 0 Å². The van der Waals surface area contributed by atoms with Gasteiger partial charge in [-0.1, -0.05) is 0 Å². The van der Waals surface area contributed by atoms with Gasteiger partial charge < -0.3 is 80.5 Å². The Bertz CT molecular complexity index is 640. The second kappa shape index (κ2) is 11.6. The molecule has 3 heterocycles.